The van der Waals surface area contributed by atoms with E-state index in [-0.39, 0.29) is 0 Å². The predicted octanol–water partition coefficient (Wildman–Crippen LogP) is 0.506. The lowest BCUT2D eigenvalue weighted by molar-refractivity contribution is 0.0650. The summed E-state index contributed by atoms with van der Waals surface area (Å²) in [4.78, 5) is 4.89. The summed E-state index contributed by atoms with van der Waals surface area (Å²) in [6.07, 6.45) is 4.53. The Morgan fingerprint density at radius 1 is 1.57 bits per heavy atom. The van der Waals surface area contributed by atoms with E-state index in [1.54, 1.807) is 0 Å². The molecule has 0 amide bonds. The van der Waals surface area contributed by atoms with E-state index in [0.29, 0.717) is 0 Å². The van der Waals surface area contributed by atoms with Crippen LogP contribution in [0.1, 0.15) is 12.8 Å². The van der Waals surface area contributed by atoms with Crippen LogP contribution in [-0.2, 0) is 4.84 Å². The molecule has 1 radical (unpaired) electrons. The van der Waals surface area contributed by atoms with Gasteiger partial charge in [-0.2, -0.15) is 0 Å². The largest absolute Gasteiger partial charge is 0.302 e. The monoisotopic (exact) mass is 100 g/mol. The van der Waals surface area contributed by atoms with Crippen molar-refractivity contribution in [3.63, 3.8) is 0 Å². The molecule has 2 nitrogen and oxygen atoms in total. The van der Waals surface area contributed by atoms with E-state index in [2.05, 4.69) is 11.9 Å². The lowest BCUT2D eigenvalue weighted by Gasteiger charge is -1.94. The number of rotatable bonds is 0. The maximum absolute atomic E-state index is 4.89. The Morgan fingerprint density at radius 2 is 2.57 bits per heavy atom. The quantitative estimate of drug-likeness (QED) is 0.478. The van der Waals surface area contributed by atoms with Gasteiger partial charge in [-0.05, 0) is 19.3 Å². The standard InChI is InChI=1S/C5H10NO/c1-2-4-6-7-5-3-1/h3,6H,1-2,4-5H2. The van der Waals surface area contributed by atoms with Gasteiger partial charge >= 0.3 is 0 Å². The molecule has 1 N–H and O–H groups in total. The number of nitrogens with one attached hydrogen (secondary N) is 1. The molecule has 41 valence electrons. The average Bonchev–Trinajstić information content (AvgIpc) is 1.90. The molecule has 1 rings (SSSR count). The Kier molecular flexibility index (Phi) is 2.17. The fourth-order valence-electron chi connectivity index (χ4n) is 0.592. The third kappa shape index (κ3) is 1.90. The fourth-order valence-corrected chi connectivity index (χ4v) is 0.592. The fraction of sp³-hybridized carbons (Fsp3) is 0.800. The van der Waals surface area contributed by atoms with Gasteiger partial charge in [0.15, 0.2) is 0 Å². The van der Waals surface area contributed by atoms with Gasteiger partial charge in [0.05, 0.1) is 6.61 Å². The molecule has 1 saturated heterocycles. The van der Waals surface area contributed by atoms with Crippen molar-refractivity contribution in [1.82, 2.24) is 5.48 Å². The molecule has 1 fully saturated rings. The van der Waals surface area contributed by atoms with Crippen molar-refractivity contribution < 1.29 is 4.84 Å². The molecule has 0 atom stereocenters. The van der Waals surface area contributed by atoms with Crippen molar-refractivity contribution >= 4 is 0 Å². The van der Waals surface area contributed by atoms with Crippen LogP contribution in [0.3, 0.4) is 0 Å². The summed E-state index contributed by atoms with van der Waals surface area (Å²) in [5.74, 6) is 0. The summed E-state index contributed by atoms with van der Waals surface area (Å²) in [5.41, 5.74) is 2.82. The van der Waals surface area contributed by atoms with Gasteiger partial charge in [-0.25, -0.2) is 5.48 Å². The van der Waals surface area contributed by atoms with Crippen LogP contribution < -0.4 is 5.48 Å². The molecule has 0 aromatic rings. The molecular formula is C5H10NO. The highest BCUT2D eigenvalue weighted by atomic mass is 16.6. The highest BCUT2D eigenvalue weighted by Crippen LogP contribution is 1.95. The Balaban J connectivity index is 2.04. The average molecular weight is 100 g/mol. The second-order valence-electron chi connectivity index (χ2n) is 1.64. The highest BCUT2D eigenvalue weighted by Gasteiger charge is 1.94. The third-order valence-electron chi connectivity index (χ3n) is 0.990. The minimum absolute atomic E-state index is 0.764. The van der Waals surface area contributed by atoms with Crippen molar-refractivity contribution in [2.24, 2.45) is 0 Å². The van der Waals surface area contributed by atoms with Crippen LogP contribution in [-0.4, -0.2) is 13.2 Å². The SMILES string of the molecule is [CH]1CCCNOC1. The highest BCUT2D eigenvalue weighted by molar-refractivity contribution is 4.64. The minimum atomic E-state index is 0.764. The smallest absolute Gasteiger partial charge is 0.0713 e. The first-order valence-electron chi connectivity index (χ1n) is 2.66. The summed E-state index contributed by atoms with van der Waals surface area (Å²) in [5, 5.41) is 0. The summed E-state index contributed by atoms with van der Waals surface area (Å²) in [6, 6.07) is 0. The van der Waals surface area contributed by atoms with Crippen LogP contribution >= 0.6 is 0 Å². The van der Waals surface area contributed by atoms with E-state index >= 15 is 0 Å². The Bertz CT molecular complexity index is 27.7. The second-order valence-corrected chi connectivity index (χ2v) is 1.64. The van der Waals surface area contributed by atoms with Crippen molar-refractivity contribution in [3.05, 3.63) is 6.42 Å². The Hall–Kier alpha value is -0.0800. The molecule has 1 heterocycles. The van der Waals surface area contributed by atoms with Gasteiger partial charge in [-0.1, -0.05) is 0 Å². The second kappa shape index (κ2) is 2.99. The van der Waals surface area contributed by atoms with E-state index in [4.69, 9.17) is 4.84 Å². The van der Waals surface area contributed by atoms with Crippen LogP contribution in [0.25, 0.3) is 0 Å². The molecule has 0 spiro atoms. The minimum Gasteiger partial charge on any atom is -0.302 e. The zero-order chi connectivity index (χ0) is 4.95. The summed E-state index contributed by atoms with van der Waals surface area (Å²) in [6.45, 7) is 1.76. The van der Waals surface area contributed by atoms with Gasteiger partial charge in [0.1, 0.15) is 0 Å². The molecule has 1 aliphatic heterocycles. The van der Waals surface area contributed by atoms with E-state index in [0.717, 1.165) is 13.2 Å². The molecule has 0 aliphatic carbocycles. The lowest BCUT2D eigenvalue weighted by Crippen LogP contribution is -2.12. The van der Waals surface area contributed by atoms with E-state index in [9.17, 15) is 0 Å². The summed E-state index contributed by atoms with van der Waals surface area (Å²) in [7, 11) is 0. The molecule has 0 aromatic carbocycles. The molecule has 0 bridgehead atoms. The first kappa shape index (κ1) is 5.06. The molecule has 7 heavy (non-hydrogen) atoms. The van der Waals surface area contributed by atoms with Gasteiger partial charge in [0.25, 0.3) is 0 Å². The van der Waals surface area contributed by atoms with Gasteiger partial charge in [0.2, 0.25) is 0 Å². The lowest BCUT2D eigenvalue weighted by atomic mass is 10.2. The Labute approximate surface area is 43.8 Å². The third-order valence-corrected chi connectivity index (χ3v) is 0.990. The van der Waals surface area contributed by atoms with E-state index in [1.165, 1.54) is 12.8 Å². The molecule has 1 aliphatic rings. The van der Waals surface area contributed by atoms with Crippen LogP contribution in [0, 0.1) is 6.42 Å². The van der Waals surface area contributed by atoms with Gasteiger partial charge in [-0.15, -0.1) is 0 Å². The Morgan fingerprint density at radius 3 is 3.57 bits per heavy atom. The molecule has 2 heteroatoms. The van der Waals surface area contributed by atoms with Gasteiger partial charge < -0.3 is 4.84 Å². The predicted molar refractivity (Wildman–Crippen MR) is 27.5 cm³/mol. The summed E-state index contributed by atoms with van der Waals surface area (Å²) < 4.78 is 0. The van der Waals surface area contributed by atoms with Crippen LogP contribution in [0.15, 0.2) is 0 Å². The molecule has 0 aromatic heterocycles. The van der Waals surface area contributed by atoms with Gasteiger partial charge in [-0.3, -0.25) is 0 Å². The molecule has 0 saturated carbocycles. The zero-order valence-corrected chi connectivity index (χ0v) is 4.31. The van der Waals surface area contributed by atoms with Crippen LogP contribution in [0.4, 0.5) is 0 Å². The summed E-state index contributed by atoms with van der Waals surface area (Å²) >= 11 is 0. The molecular weight excluding hydrogens is 90.1 g/mol. The van der Waals surface area contributed by atoms with Crippen molar-refractivity contribution in [2.45, 2.75) is 12.8 Å². The van der Waals surface area contributed by atoms with Crippen molar-refractivity contribution in [3.8, 4) is 0 Å². The number of hydrogen-bond donors (Lipinski definition) is 1. The maximum Gasteiger partial charge on any atom is 0.0713 e. The number of hydroxylamine groups is 1. The van der Waals surface area contributed by atoms with E-state index in [1.807, 2.05) is 0 Å². The van der Waals surface area contributed by atoms with Crippen LogP contribution in [0.5, 0.6) is 0 Å². The maximum atomic E-state index is 4.89. The topological polar surface area (TPSA) is 21.3 Å². The molecule has 0 unspecified atom stereocenters. The van der Waals surface area contributed by atoms with Crippen molar-refractivity contribution in [2.75, 3.05) is 13.2 Å². The first-order valence-corrected chi connectivity index (χ1v) is 2.66. The first-order chi connectivity index (χ1) is 3.50. The normalized spacial score (nSPS) is 24.0. The zero-order valence-electron chi connectivity index (χ0n) is 4.31. The number of hydrogen-bond acceptors (Lipinski definition) is 2. The van der Waals surface area contributed by atoms with Crippen molar-refractivity contribution in [1.29, 1.82) is 0 Å². The van der Waals surface area contributed by atoms with Gasteiger partial charge in [0, 0.05) is 6.54 Å². The van der Waals surface area contributed by atoms with Crippen LogP contribution in [0.2, 0.25) is 0 Å². The van der Waals surface area contributed by atoms with E-state index < -0.39 is 0 Å².